The Morgan fingerprint density at radius 3 is 2.90 bits per heavy atom. The lowest BCUT2D eigenvalue weighted by atomic mass is 9.94. The molecule has 1 aromatic heterocycles. The smallest absolute Gasteiger partial charge is 0.253 e. The first-order valence-electron chi connectivity index (χ1n) is 7.15. The van der Waals surface area contributed by atoms with Crippen molar-refractivity contribution >= 4 is 17.2 Å². The van der Waals surface area contributed by atoms with Gasteiger partial charge in [-0.15, -0.1) is 11.3 Å². The van der Waals surface area contributed by atoms with Crippen molar-refractivity contribution in [1.29, 1.82) is 0 Å². The van der Waals surface area contributed by atoms with Gasteiger partial charge in [-0.05, 0) is 43.0 Å². The first-order chi connectivity index (χ1) is 10.2. The number of likely N-dealkylation sites (tertiary alicyclic amines) is 1. The fraction of sp³-hybridized carbons (Fsp3) is 0.375. The second-order valence-corrected chi connectivity index (χ2v) is 6.38. The van der Waals surface area contributed by atoms with Gasteiger partial charge >= 0.3 is 0 Å². The minimum Gasteiger partial charge on any atom is -0.338 e. The van der Waals surface area contributed by atoms with Crippen LogP contribution in [0.4, 0.5) is 4.39 Å². The fourth-order valence-electron chi connectivity index (χ4n) is 2.79. The molecular weight excluding hydrogens is 287 g/mol. The molecule has 3 rings (SSSR count). The number of benzene rings is 1. The van der Waals surface area contributed by atoms with Crippen molar-refractivity contribution in [2.75, 3.05) is 13.1 Å². The molecule has 1 saturated heterocycles. The van der Waals surface area contributed by atoms with E-state index in [0.717, 1.165) is 37.4 Å². The van der Waals surface area contributed by atoms with Crippen LogP contribution in [0.3, 0.4) is 0 Å². The minimum absolute atomic E-state index is 0.00108. The summed E-state index contributed by atoms with van der Waals surface area (Å²) in [5, 5.41) is 3.12. The molecule has 0 radical (unpaired) electrons. The Morgan fingerprint density at radius 1 is 1.38 bits per heavy atom. The van der Waals surface area contributed by atoms with Gasteiger partial charge in [0, 0.05) is 36.7 Å². The summed E-state index contributed by atoms with van der Waals surface area (Å²) < 4.78 is 12.9. The van der Waals surface area contributed by atoms with Gasteiger partial charge < -0.3 is 4.90 Å². The molecule has 0 saturated carbocycles. The summed E-state index contributed by atoms with van der Waals surface area (Å²) in [4.78, 5) is 18.7. The van der Waals surface area contributed by atoms with Gasteiger partial charge in [-0.25, -0.2) is 9.37 Å². The topological polar surface area (TPSA) is 33.2 Å². The summed E-state index contributed by atoms with van der Waals surface area (Å²) in [6.07, 6.45) is 4.91. The maximum Gasteiger partial charge on any atom is 0.253 e. The molecule has 1 amide bonds. The summed E-state index contributed by atoms with van der Waals surface area (Å²) in [7, 11) is 0. The lowest BCUT2D eigenvalue weighted by Crippen LogP contribution is -2.40. The van der Waals surface area contributed by atoms with Crippen LogP contribution in [0.2, 0.25) is 0 Å². The van der Waals surface area contributed by atoms with Crippen molar-refractivity contribution in [1.82, 2.24) is 9.88 Å². The standard InChI is InChI=1S/C16H17FN2OS/c17-14-5-3-13(4-6-14)16(20)19-8-1-2-12(11-19)10-15-18-7-9-21-15/h3-7,9,12H,1-2,8,10-11H2/t12-/m1/s1. The number of carbonyl (C=O) groups is 1. The number of piperidine rings is 1. The van der Waals surface area contributed by atoms with E-state index in [-0.39, 0.29) is 11.7 Å². The van der Waals surface area contributed by atoms with E-state index < -0.39 is 0 Å². The summed E-state index contributed by atoms with van der Waals surface area (Å²) in [5.41, 5.74) is 0.561. The molecule has 0 N–H and O–H groups in total. The van der Waals surface area contributed by atoms with Crippen LogP contribution in [0.15, 0.2) is 35.8 Å². The second-order valence-electron chi connectivity index (χ2n) is 5.40. The molecule has 0 spiro atoms. The van der Waals surface area contributed by atoms with Gasteiger partial charge in [0.1, 0.15) is 5.82 Å². The molecule has 0 unspecified atom stereocenters. The van der Waals surface area contributed by atoms with Crippen LogP contribution in [0, 0.1) is 11.7 Å². The summed E-state index contributed by atoms with van der Waals surface area (Å²) >= 11 is 1.67. The van der Waals surface area contributed by atoms with E-state index in [1.54, 1.807) is 23.5 Å². The highest BCUT2D eigenvalue weighted by Crippen LogP contribution is 2.23. The Morgan fingerprint density at radius 2 is 2.19 bits per heavy atom. The van der Waals surface area contributed by atoms with Crippen LogP contribution in [-0.4, -0.2) is 28.9 Å². The highest BCUT2D eigenvalue weighted by atomic mass is 32.1. The van der Waals surface area contributed by atoms with E-state index in [1.165, 1.54) is 12.1 Å². The Hall–Kier alpha value is -1.75. The van der Waals surface area contributed by atoms with E-state index in [1.807, 2.05) is 16.5 Å². The molecule has 1 aliphatic heterocycles. The Bertz CT molecular complexity index is 597. The lowest BCUT2D eigenvalue weighted by molar-refractivity contribution is 0.0673. The molecular formula is C16H17FN2OS. The Kier molecular flexibility index (Phi) is 4.29. The van der Waals surface area contributed by atoms with Crippen LogP contribution in [-0.2, 0) is 6.42 Å². The predicted octanol–water partition coefficient (Wildman–Crippen LogP) is 3.38. The number of thiazole rings is 1. The molecule has 110 valence electrons. The van der Waals surface area contributed by atoms with Crippen molar-refractivity contribution < 1.29 is 9.18 Å². The zero-order valence-corrected chi connectivity index (χ0v) is 12.5. The average molecular weight is 304 g/mol. The first kappa shape index (κ1) is 14.2. The SMILES string of the molecule is O=C(c1ccc(F)cc1)N1CCC[C@H](Cc2nccs2)C1. The first-order valence-corrected chi connectivity index (χ1v) is 8.03. The van der Waals surface area contributed by atoms with Gasteiger partial charge in [0.05, 0.1) is 5.01 Å². The third-order valence-corrected chi connectivity index (χ3v) is 4.65. The molecule has 5 heteroatoms. The van der Waals surface area contributed by atoms with E-state index in [9.17, 15) is 9.18 Å². The highest BCUT2D eigenvalue weighted by Gasteiger charge is 2.25. The van der Waals surface area contributed by atoms with Crippen LogP contribution in [0.5, 0.6) is 0 Å². The van der Waals surface area contributed by atoms with Crippen molar-refractivity contribution in [3.63, 3.8) is 0 Å². The Balaban J connectivity index is 1.65. The third-order valence-electron chi connectivity index (χ3n) is 3.84. The molecule has 1 aromatic carbocycles. The largest absolute Gasteiger partial charge is 0.338 e. The average Bonchev–Trinajstić information content (AvgIpc) is 3.00. The molecule has 1 aliphatic rings. The second kappa shape index (κ2) is 6.35. The quantitative estimate of drug-likeness (QED) is 0.871. The van der Waals surface area contributed by atoms with E-state index in [0.29, 0.717) is 11.5 Å². The number of carbonyl (C=O) groups excluding carboxylic acids is 1. The summed E-state index contributed by atoms with van der Waals surface area (Å²) in [6, 6.07) is 5.79. The van der Waals surface area contributed by atoms with Crippen LogP contribution in [0.1, 0.15) is 28.2 Å². The van der Waals surface area contributed by atoms with Gasteiger partial charge in [0.25, 0.3) is 5.91 Å². The fourth-order valence-corrected chi connectivity index (χ4v) is 3.52. The number of rotatable bonds is 3. The number of nitrogens with zero attached hydrogens (tertiary/aromatic N) is 2. The molecule has 2 aromatic rings. The lowest BCUT2D eigenvalue weighted by Gasteiger charge is -2.32. The molecule has 0 aliphatic carbocycles. The van der Waals surface area contributed by atoms with Crippen LogP contribution in [0.25, 0.3) is 0 Å². The molecule has 0 bridgehead atoms. The normalized spacial score (nSPS) is 18.7. The van der Waals surface area contributed by atoms with Gasteiger partial charge in [-0.3, -0.25) is 4.79 Å². The van der Waals surface area contributed by atoms with Crippen molar-refractivity contribution in [3.05, 3.63) is 52.2 Å². The molecule has 3 nitrogen and oxygen atoms in total. The van der Waals surface area contributed by atoms with E-state index >= 15 is 0 Å². The third kappa shape index (κ3) is 3.47. The van der Waals surface area contributed by atoms with E-state index in [2.05, 4.69) is 4.98 Å². The zero-order valence-electron chi connectivity index (χ0n) is 11.7. The van der Waals surface area contributed by atoms with Crippen molar-refractivity contribution in [2.24, 2.45) is 5.92 Å². The van der Waals surface area contributed by atoms with E-state index in [4.69, 9.17) is 0 Å². The maximum absolute atomic E-state index is 12.9. The number of aromatic nitrogens is 1. The van der Waals surface area contributed by atoms with Crippen molar-refractivity contribution in [2.45, 2.75) is 19.3 Å². The molecule has 2 heterocycles. The van der Waals surface area contributed by atoms with Crippen LogP contribution < -0.4 is 0 Å². The monoisotopic (exact) mass is 304 g/mol. The minimum atomic E-state index is -0.313. The molecule has 1 atom stereocenters. The molecule has 1 fully saturated rings. The maximum atomic E-state index is 12.9. The van der Waals surface area contributed by atoms with Gasteiger partial charge in [0.2, 0.25) is 0 Å². The summed E-state index contributed by atoms with van der Waals surface area (Å²) in [5.74, 6) is 0.153. The molecule has 21 heavy (non-hydrogen) atoms. The van der Waals surface area contributed by atoms with Gasteiger partial charge in [-0.2, -0.15) is 0 Å². The van der Waals surface area contributed by atoms with Crippen molar-refractivity contribution in [3.8, 4) is 0 Å². The zero-order chi connectivity index (χ0) is 14.7. The Labute approximate surface area is 127 Å². The van der Waals surface area contributed by atoms with Gasteiger partial charge in [0.15, 0.2) is 0 Å². The number of hydrogen-bond donors (Lipinski definition) is 0. The predicted molar refractivity (Wildman–Crippen MR) is 80.8 cm³/mol. The van der Waals surface area contributed by atoms with Gasteiger partial charge in [-0.1, -0.05) is 0 Å². The highest BCUT2D eigenvalue weighted by molar-refractivity contribution is 7.09. The number of amides is 1. The summed E-state index contributed by atoms with van der Waals surface area (Å²) in [6.45, 7) is 1.54. The van der Waals surface area contributed by atoms with Crippen LogP contribution >= 0.6 is 11.3 Å². The number of hydrogen-bond acceptors (Lipinski definition) is 3. The number of halogens is 1.